The number of amides is 1. The van der Waals surface area contributed by atoms with Crippen LogP contribution in [-0.4, -0.2) is 16.1 Å². The first-order valence-electron chi connectivity index (χ1n) is 6.21. The van der Waals surface area contributed by atoms with Crippen molar-refractivity contribution in [3.63, 3.8) is 0 Å². The van der Waals surface area contributed by atoms with Crippen LogP contribution in [0.15, 0.2) is 42.5 Å². The van der Waals surface area contributed by atoms with Gasteiger partial charge in [0.05, 0.1) is 0 Å². The Morgan fingerprint density at radius 1 is 0.950 bits per heavy atom. The highest BCUT2D eigenvalue weighted by molar-refractivity contribution is 5.93. The van der Waals surface area contributed by atoms with E-state index in [4.69, 9.17) is 15.9 Å². The van der Waals surface area contributed by atoms with Crippen molar-refractivity contribution in [2.24, 2.45) is 0 Å². The number of anilines is 2. The zero-order valence-electron chi connectivity index (χ0n) is 10.8. The van der Waals surface area contributed by atoms with Gasteiger partial charge in [0, 0.05) is 17.8 Å². The Balaban J connectivity index is 0.000000160. The number of rotatable bonds is 0. The van der Waals surface area contributed by atoms with Gasteiger partial charge in [0.1, 0.15) is 11.5 Å². The summed E-state index contributed by atoms with van der Waals surface area (Å²) in [7, 11) is 0. The normalized spacial score (nSPS) is 12.7. The topological polar surface area (TPSA) is 95.6 Å². The number of carbonyl (C=O) groups excluding carboxylic acids is 1. The van der Waals surface area contributed by atoms with Gasteiger partial charge in [-0.05, 0) is 54.4 Å². The zero-order valence-corrected chi connectivity index (χ0v) is 10.8. The zero-order chi connectivity index (χ0) is 14.5. The molecule has 0 bridgehead atoms. The number of nitrogens with two attached hydrogens (primary N) is 1. The predicted molar refractivity (Wildman–Crippen MR) is 77.6 cm³/mol. The molecular weight excluding hydrogens is 256 g/mol. The third-order valence-electron chi connectivity index (χ3n) is 2.88. The minimum atomic E-state index is 0.0492. The molecule has 0 aliphatic carbocycles. The van der Waals surface area contributed by atoms with E-state index in [0.29, 0.717) is 12.1 Å². The molecular formula is C15H16N2O3. The molecule has 0 fully saturated rings. The molecule has 0 unspecified atom stereocenters. The summed E-state index contributed by atoms with van der Waals surface area (Å²) in [5.41, 5.74) is 7.82. The molecule has 2 aromatic rings. The van der Waals surface area contributed by atoms with Gasteiger partial charge < -0.3 is 21.3 Å². The second-order valence-electron chi connectivity index (χ2n) is 4.48. The summed E-state index contributed by atoms with van der Waals surface area (Å²) in [4.78, 5) is 10.9. The number of aryl methyl sites for hydroxylation is 1. The average Bonchev–Trinajstić information content (AvgIpc) is 2.43. The van der Waals surface area contributed by atoms with Gasteiger partial charge in [0.15, 0.2) is 0 Å². The van der Waals surface area contributed by atoms with E-state index in [1.807, 2.05) is 0 Å². The van der Waals surface area contributed by atoms with Crippen molar-refractivity contribution in [1.82, 2.24) is 0 Å². The molecule has 0 aromatic heterocycles. The lowest BCUT2D eigenvalue weighted by Gasteiger charge is -2.16. The monoisotopic (exact) mass is 272 g/mol. The van der Waals surface area contributed by atoms with Crippen LogP contribution in [0, 0.1) is 0 Å². The highest BCUT2D eigenvalue weighted by atomic mass is 16.3. The molecule has 5 heteroatoms. The number of fused-ring (bicyclic) bond motifs is 1. The fourth-order valence-electron chi connectivity index (χ4n) is 1.84. The third-order valence-corrected chi connectivity index (χ3v) is 2.88. The van der Waals surface area contributed by atoms with Gasteiger partial charge in [-0.2, -0.15) is 0 Å². The Morgan fingerprint density at radius 3 is 2.25 bits per heavy atom. The predicted octanol–water partition coefficient (Wildman–Crippen LogP) is 2.25. The number of hydrogen-bond acceptors (Lipinski definition) is 4. The van der Waals surface area contributed by atoms with E-state index >= 15 is 0 Å². The van der Waals surface area contributed by atoms with Gasteiger partial charge in [-0.3, -0.25) is 4.79 Å². The third kappa shape index (κ3) is 3.65. The maximum absolute atomic E-state index is 10.9. The van der Waals surface area contributed by atoms with Crippen LogP contribution in [-0.2, 0) is 11.2 Å². The van der Waals surface area contributed by atoms with Gasteiger partial charge in [0.25, 0.3) is 0 Å². The van der Waals surface area contributed by atoms with Crippen LogP contribution in [0.1, 0.15) is 12.0 Å². The number of nitrogen functional groups attached to an aromatic ring is 1. The summed E-state index contributed by atoms with van der Waals surface area (Å²) in [6.07, 6.45) is 1.23. The first kappa shape index (κ1) is 13.7. The molecule has 20 heavy (non-hydrogen) atoms. The Hall–Kier alpha value is -2.69. The Kier molecular flexibility index (Phi) is 4.10. The van der Waals surface area contributed by atoms with Crippen LogP contribution in [0.3, 0.4) is 0 Å². The van der Waals surface area contributed by atoms with Crippen molar-refractivity contribution in [1.29, 1.82) is 0 Å². The SMILES string of the molecule is Nc1ccc(O)cc1.O=C1CCc2cc(O)ccc2N1. The van der Waals surface area contributed by atoms with Gasteiger partial charge in [-0.1, -0.05) is 0 Å². The fourth-order valence-corrected chi connectivity index (χ4v) is 1.84. The Labute approximate surface area is 116 Å². The van der Waals surface area contributed by atoms with Crippen LogP contribution >= 0.6 is 0 Å². The Bertz CT molecular complexity index is 588. The number of benzene rings is 2. The van der Waals surface area contributed by atoms with E-state index in [9.17, 15) is 4.79 Å². The lowest BCUT2D eigenvalue weighted by molar-refractivity contribution is -0.116. The van der Waals surface area contributed by atoms with Crippen LogP contribution in [0.2, 0.25) is 0 Å². The number of aromatic hydroxyl groups is 2. The van der Waals surface area contributed by atoms with Crippen molar-refractivity contribution in [2.45, 2.75) is 12.8 Å². The summed E-state index contributed by atoms with van der Waals surface area (Å²) < 4.78 is 0. The molecule has 0 saturated heterocycles. The highest BCUT2D eigenvalue weighted by Crippen LogP contribution is 2.25. The molecule has 104 valence electrons. The van der Waals surface area contributed by atoms with E-state index in [2.05, 4.69) is 5.32 Å². The number of nitrogens with one attached hydrogen (secondary N) is 1. The van der Waals surface area contributed by atoms with Gasteiger partial charge >= 0.3 is 0 Å². The second-order valence-corrected chi connectivity index (χ2v) is 4.48. The van der Waals surface area contributed by atoms with E-state index in [1.54, 1.807) is 42.5 Å². The summed E-state index contributed by atoms with van der Waals surface area (Å²) in [6.45, 7) is 0. The van der Waals surface area contributed by atoms with Crippen LogP contribution in [0.25, 0.3) is 0 Å². The molecule has 0 saturated carbocycles. The van der Waals surface area contributed by atoms with Crippen LogP contribution < -0.4 is 11.1 Å². The summed E-state index contributed by atoms with van der Waals surface area (Å²) in [5, 5.41) is 20.6. The quantitative estimate of drug-likeness (QED) is 0.437. The van der Waals surface area contributed by atoms with E-state index in [-0.39, 0.29) is 17.4 Å². The molecule has 0 spiro atoms. The van der Waals surface area contributed by atoms with Gasteiger partial charge in [-0.25, -0.2) is 0 Å². The molecule has 1 heterocycles. The summed E-state index contributed by atoms with van der Waals surface area (Å²) in [6, 6.07) is 11.4. The van der Waals surface area contributed by atoms with Gasteiger partial charge in [-0.15, -0.1) is 0 Å². The molecule has 5 nitrogen and oxygen atoms in total. The van der Waals surface area contributed by atoms with Crippen LogP contribution in [0.4, 0.5) is 11.4 Å². The van der Waals surface area contributed by atoms with Crippen molar-refractivity contribution in [3.8, 4) is 11.5 Å². The van der Waals surface area contributed by atoms with Crippen molar-refractivity contribution in [3.05, 3.63) is 48.0 Å². The molecule has 1 aliphatic heterocycles. The first-order chi connectivity index (χ1) is 9.54. The number of phenolic OH excluding ortho intramolecular Hbond substituents is 2. The molecule has 5 N–H and O–H groups in total. The van der Waals surface area contributed by atoms with Gasteiger partial charge in [0.2, 0.25) is 5.91 Å². The number of carbonyl (C=O) groups is 1. The average molecular weight is 272 g/mol. The standard InChI is InChI=1S/C9H9NO2.C6H7NO/c11-7-2-3-8-6(5-7)1-4-9(12)10-8;7-5-1-3-6(8)4-2-5/h2-3,5,11H,1,4H2,(H,10,12);1-4,8H,7H2. The first-order valence-corrected chi connectivity index (χ1v) is 6.21. The molecule has 2 aromatic carbocycles. The highest BCUT2D eigenvalue weighted by Gasteiger charge is 2.14. The second kappa shape index (κ2) is 5.97. The minimum Gasteiger partial charge on any atom is -0.508 e. The molecule has 0 atom stereocenters. The molecule has 1 aliphatic rings. The number of phenols is 2. The van der Waals surface area contributed by atoms with Crippen molar-refractivity contribution >= 4 is 17.3 Å². The molecule has 3 rings (SSSR count). The lowest BCUT2D eigenvalue weighted by Crippen LogP contribution is -2.18. The summed E-state index contributed by atoms with van der Waals surface area (Å²) in [5.74, 6) is 0.553. The maximum atomic E-state index is 10.9. The smallest absolute Gasteiger partial charge is 0.224 e. The number of hydrogen-bond donors (Lipinski definition) is 4. The van der Waals surface area contributed by atoms with E-state index < -0.39 is 0 Å². The largest absolute Gasteiger partial charge is 0.508 e. The molecule has 0 radical (unpaired) electrons. The van der Waals surface area contributed by atoms with E-state index in [0.717, 1.165) is 17.7 Å². The summed E-state index contributed by atoms with van der Waals surface area (Å²) >= 11 is 0. The Morgan fingerprint density at radius 2 is 1.60 bits per heavy atom. The molecule has 1 amide bonds. The van der Waals surface area contributed by atoms with Crippen molar-refractivity contribution in [2.75, 3.05) is 11.1 Å². The van der Waals surface area contributed by atoms with Crippen molar-refractivity contribution < 1.29 is 15.0 Å². The fraction of sp³-hybridized carbons (Fsp3) is 0.133. The lowest BCUT2D eigenvalue weighted by atomic mass is 10.0. The minimum absolute atomic E-state index is 0.0492. The maximum Gasteiger partial charge on any atom is 0.224 e. The van der Waals surface area contributed by atoms with E-state index in [1.165, 1.54) is 0 Å². The van der Waals surface area contributed by atoms with Crippen LogP contribution in [0.5, 0.6) is 11.5 Å².